The van der Waals surface area contributed by atoms with Gasteiger partial charge in [0, 0.05) is 50.7 Å². The summed E-state index contributed by atoms with van der Waals surface area (Å²) in [7, 11) is 0. The number of hydrogen-bond acceptors (Lipinski definition) is 1. The Morgan fingerprint density at radius 1 is 1.24 bits per heavy atom. The predicted molar refractivity (Wildman–Crippen MR) is 79.3 cm³/mol. The van der Waals surface area contributed by atoms with Gasteiger partial charge in [0.25, 0.3) is 0 Å². The normalized spacial score (nSPS) is 11.8. The van der Waals surface area contributed by atoms with Crippen LogP contribution < -0.4 is 0 Å². The lowest BCUT2D eigenvalue weighted by Gasteiger charge is -2.15. The van der Waals surface area contributed by atoms with Crippen LogP contribution in [0.25, 0.3) is 11.3 Å². The van der Waals surface area contributed by atoms with Gasteiger partial charge in [-0.3, -0.25) is 0 Å². The van der Waals surface area contributed by atoms with E-state index in [9.17, 15) is 8.78 Å². The van der Waals surface area contributed by atoms with Gasteiger partial charge in [0.2, 0.25) is 0 Å². The van der Waals surface area contributed by atoms with Crippen molar-refractivity contribution < 1.29 is 8.78 Å². The Labute approximate surface area is 125 Å². The fourth-order valence-corrected chi connectivity index (χ4v) is 3.50. The Hall–Kier alpha value is -0.250. The van der Waals surface area contributed by atoms with Crippen molar-refractivity contribution in [1.29, 1.82) is 0 Å². The van der Waals surface area contributed by atoms with E-state index < -0.39 is 4.05 Å². The van der Waals surface area contributed by atoms with E-state index in [1.165, 1.54) is 0 Å². The summed E-state index contributed by atoms with van der Waals surface area (Å²) >= 11 is 2.94. The highest BCUT2D eigenvalue weighted by Gasteiger charge is 2.33. The Balaban J connectivity index is 2.70. The standard InChI is InChI=1S/C11H8F2I2N2/c1-7-9(8-5-3-2-4-6-8)17(10(14)16-7)11(12,13)15/h2-6H,1H3. The quantitative estimate of drug-likeness (QED) is 0.480. The fraction of sp³-hybridized carbons (Fsp3) is 0.182. The Morgan fingerprint density at radius 2 is 1.82 bits per heavy atom. The van der Waals surface area contributed by atoms with E-state index in [0.29, 0.717) is 15.2 Å². The highest BCUT2D eigenvalue weighted by atomic mass is 127. The zero-order chi connectivity index (χ0) is 12.6. The lowest BCUT2D eigenvalue weighted by Crippen LogP contribution is -2.17. The van der Waals surface area contributed by atoms with Gasteiger partial charge in [0.15, 0.2) is 3.83 Å². The molecule has 0 aliphatic heterocycles. The van der Waals surface area contributed by atoms with Crippen molar-refractivity contribution in [1.82, 2.24) is 9.55 Å². The highest BCUT2D eigenvalue weighted by molar-refractivity contribution is 14.1. The van der Waals surface area contributed by atoms with Crippen LogP contribution in [-0.4, -0.2) is 9.55 Å². The maximum absolute atomic E-state index is 13.6. The number of nitrogens with zero attached hydrogens (tertiary/aromatic N) is 2. The van der Waals surface area contributed by atoms with Crippen LogP contribution in [-0.2, 0) is 4.05 Å². The molecule has 2 nitrogen and oxygen atoms in total. The van der Waals surface area contributed by atoms with E-state index in [1.54, 1.807) is 19.1 Å². The third-order valence-electron chi connectivity index (χ3n) is 2.31. The average Bonchev–Trinajstić information content (AvgIpc) is 2.54. The molecular weight excluding hydrogens is 452 g/mol. The molecule has 2 rings (SSSR count). The van der Waals surface area contributed by atoms with Crippen LogP contribution in [0.1, 0.15) is 5.69 Å². The summed E-state index contributed by atoms with van der Waals surface area (Å²) in [6, 6.07) is 9.11. The summed E-state index contributed by atoms with van der Waals surface area (Å²) in [6.07, 6.45) is 0. The molecule has 1 aromatic carbocycles. The van der Waals surface area contributed by atoms with Crippen molar-refractivity contribution in [3.05, 3.63) is 39.9 Å². The lowest BCUT2D eigenvalue weighted by atomic mass is 10.1. The minimum absolute atomic E-state index is 0.290. The third-order valence-corrected chi connectivity index (χ3v) is 3.52. The molecule has 0 spiro atoms. The second-order valence-electron chi connectivity index (χ2n) is 3.48. The topological polar surface area (TPSA) is 17.8 Å². The summed E-state index contributed by atoms with van der Waals surface area (Å²) in [6.45, 7) is 1.74. The Kier molecular flexibility index (Phi) is 3.71. The summed E-state index contributed by atoms with van der Waals surface area (Å²) in [5.41, 5.74) is 1.82. The molecule has 0 fully saturated rings. The van der Waals surface area contributed by atoms with Crippen molar-refractivity contribution in [2.75, 3.05) is 0 Å². The van der Waals surface area contributed by atoms with Crippen LogP contribution in [0.15, 0.2) is 30.3 Å². The van der Waals surface area contributed by atoms with Gasteiger partial charge in [-0.1, -0.05) is 30.3 Å². The zero-order valence-corrected chi connectivity index (χ0v) is 13.1. The second-order valence-corrected chi connectivity index (χ2v) is 5.75. The first kappa shape index (κ1) is 13.2. The monoisotopic (exact) mass is 460 g/mol. The van der Waals surface area contributed by atoms with Crippen molar-refractivity contribution in [2.45, 2.75) is 11.0 Å². The van der Waals surface area contributed by atoms with E-state index in [2.05, 4.69) is 4.98 Å². The first-order chi connectivity index (χ1) is 7.91. The van der Waals surface area contributed by atoms with Gasteiger partial charge in [-0.05, 0) is 6.92 Å². The van der Waals surface area contributed by atoms with Gasteiger partial charge in [-0.25, -0.2) is 9.55 Å². The van der Waals surface area contributed by atoms with Crippen LogP contribution in [0, 0.1) is 10.8 Å². The highest BCUT2D eigenvalue weighted by Crippen LogP contribution is 2.37. The number of halogens is 4. The van der Waals surface area contributed by atoms with Crippen molar-refractivity contribution in [3.8, 4) is 11.3 Å². The number of imidazole rings is 1. The molecule has 90 valence electrons. The van der Waals surface area contributed by atoms with E-state index in [0.717, 1.165) is 32.7 Å². The summed E-state index contributed by atoms with van der Waals surface area (Å²) in [5, 5.41) is 0. The molecule has 0 unspecified atom stereocenters. The van der Waals surface area contributed by atoms with E-state index in [1.807, 2.05) is 40.8 Å². The zero-order valence-electron chi connectivity index (χ0n) is 8.79. The van der Waals surface area contributed by atoms with E-state index >= 15 is 0 Å². The summed E-state index contributed by atoms with van der Waals surface area (Å²) in [5.74, 6) is 0. The van der Waals surface area contributed by atoms with Gasteiger partial charge in [-0.2, -0.15) is 8.78 Å². The SMILES string of the molecule is Cc1nc(I)n(C(F)(F)I)c1-c1ccccc1. The van der Waals surface area contributed by atoms with Gasteiger partial charge in [0.05, 0.1) is 11.4 Å². The third kappa shape index (κ3) is 2.61. The number of alkyl halides is 3. The van der Waals surface area contributed by atoms with Crippen molar-refractivity contribution in [2.24, 2.45) is 0 Å². The molecule has 0 saturated carbocycles. The number of benzene rings is 1. The van der Waals surface area contributed by atoms with Crippen LogP contribution in [0.2, 0.25) is 0 Å². The van der Waals surface area contributed by atoms with Crippen LogP contribution in [0.5, 0.6) is 0 Å². The van der Waals surface area contributed by atoms with E-state index in [-0.39, 0.29) is 0 Å². The molecule has 0 N–H and O–H groups in total. The summed E-state index contributed by atoms with van der Waals surface area (Å²) < 4.78 is 25.4. The second kappa shape index (κ2) is 4.79. The molecule has 0 radical (unpaired) electrons. The first-order valence-corrected chi connectivity index (χ1v) is 6.94. The minimum Gasteiger partial charge on any atom is -0.250 e. The number of rotatable bonds is 2. The Morgan fingerprint density at radius 3 is 2.35 bits per heavy atom. The number of hydrogen-bond donors (Lipinski definition) is 0. The molecule has 1 heterocycles. The lowest BCUT2D eigenvalue weighted by molar-refractivity contribution is 0.0450. The van der Waals surface area contributed by atoms with Crippen molar-refractivity contribution in [3.63, 3.8) is 0 Å². The molecule has 0 aliphatic carbocycles. The van der Waals surface area contributed by atoms with Crippen molar-refractivity contribution >= 4 is 45.2 Å². The molecule has 0 saturated heterocycles. The molecule has 2 aromatic rings. The van der Waals surface area contributed by atoms with Crippen LogP contribution in [0.4, 0.5) is 8.78 Å². The maximum atomic E-state index is 13.6. The molecule has 1 aromatic heterocycles. The van der Waals surface area contributed by atoms with Gasteiger partial charge >= 0.3 is 4.05 Å². The first-order valence-electron chi connectivity index (χ1n) is 4.78. The Bertz CT molecular complexity index is 532. The average molecular weight is 460 g/mol. The van der Waals surface area contributed by atoms with Gasteiger partial charge in [-0.15, -0.1) is 0 Å². The van der Waals surface area contributed by atoms with Gasteiger partial charge < -0.3 is 0 Å². The minimum atomic E-state index is -2.99. The fourth-order valence-electron chi connectivity index (χ4n) is 1.66. The molecule has 17 heavy (non-hydrogen) atoms. The van der Waals surface area contributed by atoms with Gasteiger partial charge in [0.1, 0.15) is 0 Å². The van der Waals surface area contributed by atoms with Crippen LogP contribution >= 0.6 is 45.2 Å². The summed E-state index contributed by atoms with van der Waals surface area (Å²) in [4.78, 5) is 4.12. The molecular formula is C11H8F2I2N2. The molecule has 0 aliphatic rings. The molecule has 6 heteroatoms. The smallest absolute Gasteiger partial charge is 0.250 e. The molecule has 0 bridgehead atoms. The molecule has 0 amide bonds. The largest absolute Gasteiger partial charge is 0.382 e. The van der Waals surface area contributed by atoms with Crippen LogP contribution in [0.3, 0.4) is 0 Å². The molecule has 0 atom stereocenters. The number of aromatic nitrogens is 2. The van der Waals surface area contributed by atoms with E-state index in [4.69, 9.17) is 0 Å². The predicted octanol–water partition coefficient (Wildman–Crippen LogP) is 4.40. The number of aryl methyl sites for hydroxylation is 1. The maximum Gasteiger partial charge on any atom is 0.382 e.